The van der Waals surface area contributed by atoms with Crippen LogP contribution in [0.2, 0.25) is 0 Å². The molecule has 0 heterocycles. The topological polar surface area (TPSA) is 0 Å². The smallest absolute Gasteiger partial charge is 0.0175 e. The molecule has 0 amide bonds. The van der Waals surface area contributed by atoms with Crippen LogP contribution in [0.1, 0.15) is 48.6 Å². The Balaban J connectivity index is 1.90. The van der Waals surface area contributed by atoms with Gasteiger partial charge in [-0.05, 0) is 60.1 Å². The summed E-state index contributed by atoms with van der Waals surface area (Å²) in [5, 5.41) is 0. The maximum absolute atomic E-state index is 3.53. The second-order valence-electron chi connectivity index (χ2n) is 5.60. The molecule has 3 rings (SSSR count). The highest BCUT2D eigenvalue weighted by molar-refractivity contribution is 9.10. The van der Waals surface area contributed by atoms with Crippen LogP contribution in [0.25, 0.3) is 0 Å². The van der Waals surface area contributed by atoms with Crippen molar-refractivity contribution in [1.29, 1.82) is 0 Å². The summed E-state index contributed by atoms with van der Waals surface area (Å²) in [6.45, 7) is 0. The van der Waals surface area contributed by atoms with Gasteiger partial charge in [-0.3, -0.25) is 0 Å². The highest BCUT2D eigenvalue weighted by atomic mass is 79.9. The molecule has 2 aromatic carbocycles. The zero-order chi connectivity index (χ0) is 13.9. The molecule has 20 heavy (non-hydrogen) atoms. The van der Waals surface area contributed by atoms with E-state index in [4.69, 9.17) is 0 Å². The number of rotatable bonds is 2. The molecule has 2 aromatic rings. The first-order chi connectivity index (χ1) is 9.74. The van der Waals surface area contributed by atoms with Crippen LogP contribution in [0.15, 0.2) is 57.5 Å². The molecule has 0 radical (unpaired) electrons. The van der Waals surface area contributed by atoms with Crippen molar-refractivity contribution in [2.24, 2.45) is 0 Å². The summed E-state index contributed by atoms with van der Waals surface area (Å²) in [5.41, 5.74) is 2.97. The molecule has 1 fully saturated rings. The van der Waals surface area contributed by atoms with Crippen LogP contribution >= 0.6 is 31.9 Å². The average molecular weight is 394 g/mol. The largest absolute Gasteiger partial charge is 0.0576 e. The summed E-state index contributed by atoms with van der Waals surface area (Å²) in [6.07, 6.45) is 5.33. The number of benzene rings is 2. The molecule has 1 aliphatic rings. The van der Waals surface area contributed by atoms with Gasteiger partial charge < -0.3 is 0 Å². The Hall–Kier alpha value is -0.600. The van der Waals surface area contributed by atoms with Crippen LogP contribution in [0, 0.1) is 0 Å². The maximum atomic E-state index is 3.53. The first kappa shape index (κ1) is 14.3. The Morgan fingerprint density at radius 2 is 0.950 bits per heavy atom. The molecule has 0 spiro atoms. The first-order valence-electron chi connectivity index (χ1n) is 7.25. The number of hydrogen-bond donors (Lipinski definition) is 0. The minimum atomic E-state index is 0.665. The molecule has 2 atom stereocenters. The van der Waals surface area contributed by atoms with Gasteiger partial charge in [0.1, 0.15) is 0 Å². The standard InChI is InChI=1S/C18H18Br2/c19-15-9-5-13(6-10-15)17-3-1-2-4-18(17)14-7-11-16(20)12-8-14/h5-12,17-18H,1-4H2/t17-,18?/m1/s1. The molecule has 0 aromatic heterocycles. The Kier molecular flexibility index (Phi) is 4.62. The number of halogens is 2. The third kappa shape index (κ3) is 3.17. The molecule has 1 unspecified atom stereocenters. The van der Waals surface area contributed by atoms with Crippen LogP contribution in [-0.4, -0.2) is 0 Å². The summed E-state index contributed by atoms with van der Waals surface area (Å²) in [5.74, 6) is 1.33. The van der Waals surface area contributed by atoms with E-state index in [0.29, 0.717) is 11.8 Å². The Morgan fingerprint density at radius 3 is 1.30 bits per heavy atom. The van der Waals surface area contributed by atoms with Crippen LogP contribution in [-0.2, 0) is 0 Å². The van der Waals surface area contributed by atoms with Crippen molar-refractivity contribution < 1.29 is 0 Å². The van der Waals surface area contributed by atoms with Crippen molar-refractivity contribution in [2.75, 3.05) is 0 Å². The quantitative estimate of drug-likeness (QED) is 0.535. The second kappa shape index (κ2) is 6.44. The monoisotopic (exact) mass is 392 g/mol. The lowest BCUT2D eigenvalue weighted by atomic mass is 9.72. The van der Waals surface area contributed by atoms with Gasteiger partial charge in [0.15, 0.2) is 0 Å². The number of hydrogen-bond acceptors (Lipinski definition) is 0. The van der Waals surface area contributed by atoms with Crippen LogP contribution < -0.4 is 0 Å². The molecule has 0 aliphatic heterocycles. The van der Waals surface area contributed by atoms with Crippen molar-refractivity contribution in [2.45, 2.75) is 37.5 Å². The zero-order valence-electron chi connectivity index (χ0n) is 11.4. The molecule has 2 heteroatoms. The highest BCUT2D eigenvalue weighted by Crippen LogP contribution is 2.44. The highest BCUT2D eigenvalue weighted by Gasteiger charge is 2.27. The predicted molar refractivity (Wildman–Crippen MR) is 92.2 cm³/mol. The molecule has 1 aliphatic carbocycles. The van der Waals surface area contributed by atoms with Crippen molar-refractivity contribution in [3.05, 3.63) is 68.6 Å². The minimum absolute atomic E-state index is 0.665. The van der Waals surface area contributed by atoms with E-state index in [1.54, 1.807) is 0 Å². The van der Waals surface area contributed by atoms with E-state index in [1.165, 1.54) is 36.8 Å². The van der Waals surface area contributed by atoms with Gasteiger partial charge in [-0.2, -0.15) is 0 Å². The van der Waals surface area contributed by atoms with Crippen LogP contribution in [0.5, 0.6) is 0 Å². The van der Waals surface area contributed by atoms with E-state index in [1.807, 2.05) is 0 Å². The summed E-state index contributed by atoms with van der Waals surface area (Å²) < 4.78 is 2.33. The van der Waals surface area contributed by atoms with E-state index < -0.39 is 0 Å². The van der Waals surface area contributed by atoms with Gasteiger partial charge >= 0.3 is 0 Å². The molecular weight excluding hydrogens is 376 g/mol. The van der Waals surface area contributed by atoms with E-state index in [9.17, 15) is 0 Å². The molecule has 104 valence electrons. The van der Waals surface area contributed by atoms with Crippen LogP contribution in [0.3, 0.4) is 0 Å². The fourth-order valence-corrected chi connectivity index (χ4v) is 3.88. The molecule has 0 nitrogen and oxygen atoms in total. The SMILES string of the molecule is Brc1ccc(C2CCCC[C@@H]2c2ccc(Br)cc2)cc1. The Bertz CT molecular complexity index is 503. The van der Waals surface area contributed by atoms with Crippen molar-refractivity contribution in [3.8, 4) is 0 Å². The summed E-state index contributed by atoms with van der Waals surface area (Å²) in [4.78, 5) is 0. The maximum Gasteiger partial charge on any atom is 0.0175 e. The normalized spacial score (nSPS) is 22.7. The van der Waals surface area contributed by atoms with Crippen molar-refractivity contribution in [1.82, 2.24) is 0 Å². The average Bonchev–Trinajstić information content (AvgIpc) is 2.49. The van der Waals surface area contributed by atoms with E-state index in [-0.39, 0.29) is 0 Å². The fourth-order valence-electron chi connectivity index (χ4n) is 3.35. The van der Waals surface area contributed by atoms with Gasteiger partial charge in [0.2, 0.25) is 0 Å². The van der Waals surface area contributed by atoms with Crippen molar-refractivity contribution >= 4 is 31.9 Å². The predicted octanol–water partition coefficient (Wildman–Crippen LogP) is 6.65. The molecular formula is C18H18Br2. The Labute approximate surface area is 137 Å². The molecule has 1 saturated carbocycles. The molecule has 0 saturated heterocycles. The van der Waals surface area contributed by atoms with Gasteiger partial charge in [0.05, 0.1) is 0 Å². The van der Waals surface area contributed by atoms with E-state index in [0.717, 1.165) is 8.95 Å². The summed E-state index contributed by atoms with van der Waals surface area (Å²) in [7, 11) is 0. The minimum Gasteiger partial charge on any atom is -0.0576 e. The van der Waals surface area contributed by atoms with Gasteiger partial charge in [-0.25, -0.2) is 0 Å². The van der Waals surface area contributed by atoms with Gasteiger partial charge in [0, 0.05) is 8.95 Å². The third-order valence-corrected chi connectivity index (χ3v) is 5.42. The lowest BCUT2D eigenvalue weighted by molar-refractivity contribution is 0.386. The van der Waals surface area contributed by atoms with Crippen molar-refractivity contribution in [3.63, 3.8) is 0 Å². The Morgan fingerprint density at radius 1 is 0.600 bits per heavy atom. The summed E-state index contributed by atoms with van der Waals surface area (Å²) in [6, 6.07) is 17.8. The van der Waals surface area contributed by atoms with Crippen LogP contribution in [0.4, 0.5) is 0 Å². The fraction of sp³-hybridized carbons (Fsp3) is 0.333. The lowest BCUT2D eigenvalue weighted by Gasteiger charge is -2.32. The van der Waals surface area contributed by atoms with Gasteiger partial charge in [-0.15, -0.1) is 0 Å². The second-order valence-corrected chi connectivity index (χ2v) is 7.43. The molecule has 0 bridgehead atoms. The first-order valence-corrected chi connectivity index (χ1v) is 8.83. The van der Waals surface area contributed by atoms with E-state index in [2.05, 4.69) is 80.4 Å². The van der Waals surface area contributed by atoms with Gasteiger partial charge in [-0.1, -0.05) is 69.0 Å². The lowest BCUT2D eigenvalue weighted by Crippen LogP contribution is -2.16. The summed E-state index contributed by atoms with van der Waals surface area (Å²) >= 11 is 7.06. The molecule has 0 N–H and O–H groups in total. The zero-order valence-corrected chi connectivity index (χ0v) is 14.5. The van der Waals surface area contributed by atoms with Gasteiger partial charge in [0.25, 0.3) is 0 Å². The van der Waals surface area contributed by atoms with E-state index >= 15 is 0 Å². The third-order valence-electron chi connectivity index (χ3n) is 4.36.